The predicted octanol–water partition coefficient (Wildman–Crippen LogP) is 4.69. The van der Waals surface area contributed by atoms with Crippen LogP contribution in [0, 0.1) is 15.5 Å². The Labute approximate surface area is 167 Å². The van der Waals surface area contributed by atoms with Gasteiger partial charge in [0, 0.05) is 29.6 Å². The standard InChI is InChI=1S/C21H34N4O3/c1-18(2,3)12-19(4,5)24-17(26)21(8)13-20(6,7)22-15-10-9-14(25(27)28)11-16(15)23-21/h9-11,22-23H,12-13H2,1-8H3,(H,24,26). The summed E-state index contributed by atoms with van der Waals surface area (Å²) < 4.78 is 0. The summed E-state index contributed by atoms with van der Waals surface area (Å²) >= 11 is 0. The maximum absolute atomic E-state index is 13.4. The zero-order chi connectivity index (χ0) is 21.5. The molecule has 1 unspecified atom stereocenters. The summed E-state index contributed by atoms with van der Waals surface area (Å²) in [5.41, 5.74) is -0.311. The summed E-state index contributed by atoms with van der Waals surface area (Å²) in [6, 6.07) is 4.64. The van der Waals surface area contributed by atoms with Gasteiger partial charge in [0.1, 0.15) is 5.54 Å². The number of fused-ring (bicyclic) bond motifs is 1. The van der Waals surface area contributed by atoms with Gasteiger partial charge in [-0.15, -0.1) is 0 Å². The highest BCUT2D eigenvalue weighted by molar-refractivity contribution is 5.92. The van der Waals surface area contributed by atoms with E-state index in [9.17, 15) is 14.9 Å². The average Bonchev–Trinajstić information content (AvgIpc) is 2.55. The number of nitrogens with one attached hydrogen (secondary N) is 3. The zero-order valence-corrected chi connectivity index (χ0v) is 18.3. The Bertz CT molecular complexity index is 780. The number of nitro groups is 1. The Morgan fingerprint density at radius 2 is 1.75 bits per heavy atom. The summed E-state index contributed by atoms with van der Waals surface area (Å²) in [5.74, 6) is -0.115. The first-order valence-corrected chi connectivity index (χ1v) is 9.70. The first kappa shape index (κ1) is 22.0. The van der Waals surface area contributed by atoms with Crippen molar-refractivity contribution < 1.29 is 9.72 Å². The van der Waals surface area contributed by atoms with Gasteiger partial charge in [-0.3, -0.25) is 14.9 Å². The Kier molecular flexibility index (Phi) is 5.45. The minimum absolute atomic E-state index is 0.0106. The van der Waals surface area contributed by atoms with Gasteiger partial charge in [0.25, 0.3) is 5.69 Å². The number of benzene rings is 1. The fraction of sp³-hybridized carbons (Fsp3) is 0.667. The second-order valence-electron chi connectivity index (χ2n) is 10.7. The molecule has 7 heteroatoms. The van der Waals surface area contributed by atoms with Crippen LogP contribution in [0.1, 0.15) is 68.2 Å². The van der Waals surface area contributed by atoms with Crippen LogP contribution in [0.3, 0.4) is 0 Å². The maximum Gasteiger partial charge on any atom is 0.271 e. The van der Waals surface area contributed by atoms with Crippen LogP contribution in [0.25, 0.3) is 0 Å². The van der Waals surface area contributed by atoms with Crippen molar-refractivity contribution in [3.8, 4) is 0 Å². The van der Waals surface area contributed by atoms with Gasteiger partial charge in [-0.1, -0.05) is 20.8 Å². The van der Waals surface area contributed by atoms with E-state index in [2.05, 4.69) is 36.7 Å². The third-order valence-corrected chi connectivity index (χ3v) is 4.82. The number of anilines is 2. The second-order valence-corrected chi connectivity index (χ2v) is 10.7. The molecule has 1 aromatic carbocycles. The predicted molar refractivity (Wildman–Crippen MR) is 114 cm³/mol. The van der Waals surface area contributed by atoms with E-state index in [-0.39, 0.29) is 28.1 Å². The largest absolute Gasteiger partial charge is 0.378 e. The van der Waals surface area contributed by atoms with E-state index in [1.807, 2.05) is 34.6 Å². The van der Waals surface area contributed by atoms with Crippen LogP contribution >= 0.6 is 0 Å². The van der Waals surface area contributed by atoms with Gasteiger partial charge in [-0.2, -0.15) is 0 Å². The molecule has 0 fully saturated rings. The van der Waals surface area contributed by atoms with Gasteiger partial charge in [0.05, 0.1) is 16.3 Å². The van der Waals surface area contributed by atoms with Crippen LogP contribution in [0.15, 0.2) is 18.2 Å². The minimum Gasteiger partial charge on any atom is -0.378 e. The van der Waals surface area contributed by atoms with Gasteiger partial charge in [0.2, 0.25) is 5.91 Å². The number of non-ortho nitro benzene ring substituents is 1. The highest BCUT2D eigenvalue weighted by Gasteiger charge is 2.43. The first-order valence-electron chi connectivity index (χ1n) is 9.70. The molecule has 7 nitrogen and oxygen atoms in total. The molecule has 1 aromatic rings. The molecule has 1 amide bonds. The van der Waals surface area contributed by atoms with Crippen LogP contribution < -0.4 is 16.0 Å². The lowest BCUT2D eigenvalue weighted by Crippen LogP contribution is -2.58. The van der Waals surface area contributed by atoms with Crippen molar-refractivity contribution in [3.05, 3.63) is 28.3 Å². The van der Waals surface area contributed by atoms with E-state index in [1.165, 1.54) is 12.1 Å². The van der Waals surface area contributed by atoms with E-state index in [1.54, 1.807) is 6.07 Å². The number of carbonyl (C=O) groups is 1. The van der Waals surface area contributed by atoms with Gasteiger partial charge in [-0.05, 0) is 52.5 Å². The molecule has 0 radical (unpaired) electrons. The molecular formula is C21H34N4O3. The third-order valence-electron chi connectivity index (χ3n) is 4.82. The molecule has 0 spiro atoms. The summed E-state index contributed by atoms with van der Waals surface area (Å²) in [6.45, 7) is 16.4. The van der Waals surface area contributed by atoms with Crippen LogP contribution in [-0.2, 0) is 4.79 Å². The lowest BCUT2D eigenvalue weighted by atomic mass is 9.80. The quantitative estimate of drug-likeness (QED) is 0.512. The molecule has 1 atom stereocenters. The van der Waals surface area contributed by atoms with E-state index in [0.717, 1.165) is 12.1 Å². The topological polar surface area (TPSA) is 96.3 Å². The molecule has 1 aliphatic heterocycles. The van der Waals surface area contributed by atoms with Crippen molar-refractivity contribution in [1.29, 1.82) is 0 Å². The minimum atomic E-state index is -0.924. The fourth-order valence-electron chi connectivity index (χ4n) is 4.44. The smallest absolute Gasteiger partial charge is 0.271 e. The van der Waals surface area contributed by atoms with E-state index < -0.39 is 10.5 Å². The van der Waals surface area contributed by atoms with E-state index in [0.29, 0.717) is 12.1 Å². The molecular weight excluding hydrogens is 356 g/mol. The monoisotopic (exact) mass is 390 g/mol. The van der Waals surface area contributed by atoms with Crippen molar-refractivity contribution in [2.24, 2.45) is 5.41 Å². The molecule has 0 bridgehead atoms. The van der Waals surface area contributed by atoms with Gasteiger partial charge >= 0.3 is 0 Å². The van der Waals surface area contributed by atoms with Gasteiger partial charge < -0.3 is 16.0 Å². The Morgan fingerprint density at radius 3 is 2.29 bits per heavy atom. The molecule has 1 aliphatic rings. The number of carbonyl (C=O) groups excluding carboxylic acids is 1. The Hall–Kier alpha value is -2.31. The first-order chi connectivity index (χ1) is 12.5. The molecule has 28 heavy (non-hydrogen) atoms. The molecule has 156 valence electrons. The van der Waals surface area contributed by atoms with Crippen molar-refractivity contribution in [1.82, 2.24) is 5.32 Å². The Balaban J connectivity index is 2.38. The van der Waals surface area contributed by atoms with E-state index in [4.69, 9.17) is 0 Å². The van der Waals surface area contributed by atoms with Crippen molar-refractivity contribution in [2.75, 3.05) is 10.6 Å². The van der Waals surface area contributed by atoms with Crippen molar-refractivity contribution in [2.45, 2.75) is 84.8 Å². The third kappa shape index (κ3) is 5.36. The van der Waals surface area contributed by atoms with Gasteiger partial charge in [0.15, 0.2) is 0 Å². The summed E-state index contributed by atoms with van der Waals surface area (Å²) in [7, 11) is 0. The van der Waals surface area contributed by atoms with E-state index >= 15 is 0 Å². The summed E-state index contributed by atoms with van der Waals surface area (Å²) in [4.78, 5) is 24.1. The van der Waals surface area contributed by atoms with Crippen LogP contribution in [0.2, 0.25) is 0 Å². The zero-order valence-electron chi connectivity index (χ0n) is 18.3. The molecule has 3 N–H and O–H groups in total. The Morgan fingerprint density at radius 1 is 1.14 bits per heavy atom. The summed E-state index contributed by atoms with van der Waals surface area (Å²) in [5, 5.41) is 21.1. The highest BCUT2D eigenvalue weighted by atomic mass is 16.6. The maximum atomic E-state index is 13.4. The van der Waals surface area contributed by atoms with Gasteiger partial charge in [-0.25, -0.2) is 0 Å². The SMILES string of the molecule is CC(C)(C)CC(C)(C)NC(=O)C1(C)CC(C)(C)Nc2ccc([N+](=O)[O-])cc2N1. The van der Waals surface area contributed by atoms with Crippen molar-refractivity contribution in [3.63, 3.8) is 0 Å². The number of amides is 1. The molecule has 0 aliphatic carbocycles. The highest BCUT2D eigenvalue weighted by Crippen LogP contribution is 2.39. The summed E-state index contributed by atoms with van der Waals surface area (Å²) in [6.07, 6.45) is 1.34. The molecule has 1 heterocycles. The van der Waals surface area contributed by atoms with Crippen molar-refractivity contribution >= 4 is 23.0 Å². The normalized spacial score (nSPS) is 21.6. The number of rotatable bonds is 4. The number of hydrogen-bond donors (Lipinski definition) is 3. The van der Waals surface area contributed by atoms with Crippen LogP contribution in [0.5, 0.6) is 0 Å². The molecule has 2 rings (SSSR count). The lowest BCUT2D eigenvalue weighted by Gasteiger charge is -2.39. The average molecular weight is 391 g/mol. The molecule has 0 saturated heterocycles. The number of nitro benzene ring substituents is 1. The molecule has 0 saturated carbocycles. The van der Waals surface area contributed by atoms with Crippen LogP contribution in [0.4, 0.5) is 17.1 Å². The van der Waals surface area contributed by atoms with Crippen LogP contribution in [-0.4, -0.2) is 27.4 Å². The molecule has 0 aromatic heterocycles. The number of nitrogens with zero attached hydrogens (tertiary/aromatic N) is 1. The fourth-order valence-corrected chi connectivity index (χ4v) is 4.44. The second kappa shape index (κ2) is 6.94. The lowest BCUT2D eigenvalue weighted by molar-refractivity contribution is -0.384. The number of hydrogen-bond acceptors (Lipinski definition) is 5.